The van der Waals surface area contributed by atoms with E-state index in [1.807, 2.05) is 0 Å². The molecule has 0 radical (unpaired) electrons. The maximum absolute atomic E-state index is 13.3. The molecule has 5 aromatic carbocycles. The number of benzene rings is 5. The summed E-state index contributed by atoms with van der Waals surface area (Å²) in [5.41, 5.74) is 9.94. The number of anilines is 5. The third-order valence-electron chi connectivity index (χ3n) is 11.0. The Labute approximate surface area is 550 Å². The van der Waals surface area contributed by atoms with E-state index in [9.17, 15) is 64.4 Å². The van der Waals surface area contributed by atoms with Crippen LogP contribution in [0.2, 0.25) is 40.7 Å². The van der Waals surface area contributed by atoms with Crippen LogP contribution < -0.4 is 27.0 Å². The van der Waals surface area contributed by atoms with E-state index < -0.39 is 65.2 Å². The van der Waals surface area contributed by atoms with E-state index in [1.165, 1.54) is 110 Å². The molecule has 90 heavy (non-hydrogen) atoms. The molecule has 0 aliphatic rings. The second kappa shape index (κ2) is 33.6. The number of nitro benzene ring substituents is 4. The highest BCUT2D eigenvalue weighted by Gasteiger charge is 2.35. The maximum Gasteiger partial charge on any atom is 0.282 e. The number of hydrogen-bond donors (Lipinski definition) is 4. The molecule has 460 valence electrons. The largest absolute Gasteiger partial charge is 0.398 e. The number of pyridine rings is 4. The summed E-state index contributed by atoms with van der Waals surface area (Å²) in [6.07, 6.45) is 5.10. The number of carbonyl (C=O) groups is 5. The summed E-state index contributed by atoms with van der Waals surface area (Å²) >= 11 is 51.2. The summed E-state index contributed by atoms with van der Waals surface area (Å²) in [4.78, 5) is 118. The molecule has 4 amide bonds. The monoisotopic (exact) mass is 1400 g/mol. The minimum absolute atomic E-state index is 0.0371. The summed E-state index contributed by atoms with van der Waals surface area (Å²) in [7, 11) is 0. The third kappa shape index (κ3) is 19.9. The number of hydrogen-bond acceptors (Lipinski definition) is 19. The van der Waals surface area contributed by atoms with Crippen molar-refractivity contribution in [1.29, 1.82) is 0 Å². The van der Waals surface area contributed by atoms with Gasteiger partial charge in [0.15, 0.2) is 0 Å². The summed E-state index contributed by atoms with van der Waals surface area (Å²) < 4.78 is 0. The van der Waals surface area contributed by atoms with Crippen LogP contribution in [0.15, 0.2) is 170 Å². The lowest BCUT2D eigenvalue weighted by molar-refractivity contribution is -0.385. The van der Waals surface area contributed by atoms with Crippen molar-refractivity contribution in [2.75, 3.05) is 27.0 Å². The summed E-state index contributed by atoms with van der Waals surface area (Å²) in [5.74, 6) is -3.25. The van der Waals surface area contributed by atoms with Crippen molar-refractivity contribution in [2.24, 2.45) is 0 Å². The Morgan fingerprint density at radius 2 is 0.700 bits per heavy atom. The van der Waals surface area contributed by atoms with Gasteiger partial charge in [0.1, 0.15) is 42.9 Å². The molecule has 0 saturated carbocycles. The van der Waals surface area contributed by atoms with Crippen molar-refractivity contribution in [3.63, 3.8) is 0 Å². The summed E-state index contributed by atoms with van der Waals surface area (Å²) in [6, 6.07) is 33.3. The second-order valence-electron chi connectivity index (χ2n) is 16.8. The first-order chi connectivity index (χ1) is 42.6. The molecule has 9 aromatic rings. The van der Waals surface area contributed by atoms with Gasteiger partial charge < -0.3 is 22.1 Å². The highest BCUT2D eigenvalue weighted by atomic mass is 35.5. The predicted octanol–water partition coefficient (Wildman–Crippen LogP) is 15.4. The number of nitrogens with two attached hydrogens (primary N) is 2. The molecule has 4 heterocycles. The predicted molar refractivity (Wildman–Crippen MR) is 342 cm³/mol. The zero-order valence-electron chi connectivity index (χ0n) is 44.6. The molecule has 0 fully saturated rings. The van der Waals surface area contributed by atoms with Crippen molar-refractivity contribution in [3.8, 4) is 0 Å². The lowest BCUT2D eigenvalue weighted by atomic mass is 10.1. The van der Waals surface area contributed by atoms with E-state index >= 15 is 0 Å². The fraction of sp³-hybridized carbons (Fsp3) is 0. The Balaban J connectivity index is 0.000000217. The average molecular weight is 1400 g/mol. The van der Waals surface area contributed by atoms with Crippen LogP contribution in [-0.4, -0.2) is 68.5 Å². The van der Waals surface area contributed by atoms with Gasteiger partial charge in [0.25, 0.3) is 51.6 Å². The number of rotatable bonds is 12. The first kappa shape index (κ1) is 71.0. The number of nitrogens with one attached hydrogen (secondary N) is 2. The minimum Gasteiger partial charge on any atom is -0.398 e. The lowest BCUT2D eigenvalue weighted by Crippen LogP contribution is -2.38. The second-order valence-corrected chi connectivity index (χ2v) is 20.3. The van der Waals surface area contributed by atoms with Crippen LogP contribution in [0.1, 0.15) is 51.8 Å². The van der Waals surface area contributed by atoms with Gasteiger partial charge in [-0.05, 0) is 72.3 Å². The van der Waals surface area contributed by atoms with Crippen molar-refractivity contribution in [1.82, 2.24) is 19.9 Å². The highest BCUT2D eigenvalue weighted by molar-refractivity contribution is 6.68. The molecule has 4 aromatic heterocycles. The standard InChI is InChI=1S/C19H10Cl2N4O6.C12H7Cl2N3O3.C12H9Cl2N3O.C7H4ClNO3.C5H4Cl2N2/c20-13-9-17(21)22-10-16(13)23(18(26)11-5-1-3-7-14(11)24(28)29)19(27)12-6-2-4-8-15(12)25(30)31;13-8-5-11(14)15-6-9(8)16-12(18)7-3-1-2-4-10(7)17(19)20;13-8-5-11(14)16-6-10(8)17-12(18)7-3-1-2-4-9(7)15;8-7(10)5-3-1-2-4-6(5)9(11)12;6-3-1-5(7)9-2-4(3)8/h1-10H;1-6H,(H,16,18);1-6H,15H2,(H,17,18);1-4H;1-2H,8H2. The van der Waals surface area contributed by atoms with Crippen molar-refractivity contribution in [2.45, 2.75) is 0 Å². The molecule has 6 N–H and O–H groups in total. The van der Waals surface area contributed by atoms with Crippen LogP contribution >= 0.6 is 104 Å². The number of halogens is 9. The van der Waals surface area contributed by atoms with Gasteiger partial charge in [-0.2, -0.15) is 0 Å². The van der Waals surface area contributed by atoms with E-state index in [-0.39, 0.29) is 65.3 Å². The van der Waals surface area contributed by atoms with E-state index in [0.717, 1.165) is 36.5 Å². The number of nitrogens with zero attached hydrogens (tertiary/aromatic N) is 9. The molecule has 0 atom stereocenters. The molecule has 0 aliphatic heterocycles. The Morgan fingerprint density at radius 1 is 0.389 bits per heavy atom. The zero-order chi connectivity index (χ0) is 66.5. The molecule has 9 rings (SSSR count). The molecule has 0 bridgehead atoms. The van der Waals surface area contributed by atoms with Crippen molar-refractivity contribution in [3.05, 3.63) is 279 Å². The van der Waals surface area contributed by atoms with E-state index in [1.54, 1.807) is 24.3 Å². The van der Waals surface area contributed by atoms with Gasteiger partial charge in [-0.3, -0.25) is 64.4 Å². The quantitative estimate of drug-likeness (QED) is 0.0220. The Kier molecular flexibility index (Phi) is 26.5. The maximum atomic E-state index is 13.3. The number of para-hydroxylation sites is 5. The van der Waals surface area contributed by atoms with Gasteiger partial charge in [0.05, 0.1) is 92.9 Å². The van der Waals surface area contributed by atoms with Gasteiger partial charge in [0.2, 0.25) is 0 Å². The molecule has 26 nitrogen and oxygen atoms in total. The Hall–Kier alpha value is -9.74. The molecular formula is C55H34Cl9N13O13. The molecule has 0 aliphatic carbocycles. The topological polar surface area (TPSA) is 389 Å². The SMILES string of the molecule is Nc1ccccc1C(=O)Nc1cnc(Cl)cc1Cl.Nc1cnc(Cl)cc1Cl.O=C(Cl)c1ccccc1[N+](=O)[O-].O=C(Nc1cnc(Cl)cc1Cl)c1ccccc1[N+](=O)[O-].O=C(c1ccccc1[N+](=O)[O-])N(C(=O)c1ccccc1[N+](=O)[O-])c1cnc(Cl)cc1Cl. The van der Waals surface area contributed by atoms with E-state index in [2.05, 4.69) is 30.6 Å². The van der Waals surface area contributed by atoms with Crippen LogP contribution in [0.25, 0.3) is 0 Å². The molecule has 0 spiro atoms. The first-order valence-corrected chi connectivity index (χ1v) is 27.5. The van der Waals surface area contributed by atoms with Crippen LogP contribution in [0.5, 0.6) is 0 Å². The number of imide groups is 1. The first-order valence-electron chi connectivity index (χ1n) is 24.1. The Bertz CT molecular complexity index is 4150. The molecule has 0 unspecified atom stereocenters. The number of amides is 4. The van der Waals surface area contributed by atoms with E-state index in [4.69, 9.17) is 116 Å². The van der Waals surface area contributed by atoms with Gasteiger partial charge in [0, 0.05) is 30.0 Å². The van der Waals surface area contributed by atoms with Crippen LogP contribution in [0, 0.1) is 40.5 Å². The third-order valence-corrected chi connectivity index (χ3v) is 13.2. The molecule has 0 saturated heterocycles. The minimum atomic E-state index is -1.12. The van der Waals surface area contributed by atoms with Crippen LogP contribution in [0.3, 0.4) is 0 Å². The number of nitrogen functional groups attached to an aromatic ring is 2. The van der Waals surface area contributed by atoms with Gasteiger partial charge in [-0.25, -0.2) is 24.8 Å². The van der Waals surface area contributed by atoms with Gasteiger partial charge >= 0.3 is 0 Å². The zero-order valence-corrected chi connectivity index (χ0v) is 51.4. The number of aromatic nitrogens is 4. The Morgan fingerprint density at radius 3 is 1.06 bits per heavy atom. The van der Waals surface area contributed by atoms with Gasteiger partial charge in [-0.15, -0.1) is 0 Å². The highest BCUT2D eigenvalue weighted by Crippen LogP contribution is 2.34. The summed E-state index contributed by atoms with van der Waals surface area (Å²) in [6.45, 7) is 0. The van der Waals surface area contributed by atoms with Gasteiger partial charge in [-0.1, -0.05) is 153 Å². The number of nitro groups is 4. The molecular weight excluding hydrogens is 1370 g/mol. The van der Waals surface area contributed by atoms with E-state index in [0.29, 0.717) is 42.7 Å². The fourth-order valence-corrected chi connectivity index (χ4v) is 8.67. The van der Waals surface area contributed by atoms with Crippen molar-refractivity contribution < 1.29 is 43.7 Å². The van der Waals surface area contributed by atoms with Crippen LogP contribution in [0.4, 0.5) is 51.2 Å². The summed E-state index contributed by atoms with van der Waals surface area (Å²) in [5, 5.41) is 49.7. The number of carbonyl (C=O) groups excluding carboxylic acids is 5. The normalized spacial score (nSPS) is 10.1. The molecule has 35 heteroatoms. The van der Waals surface area contributed by atoms with Crippen LogP contribution in [-0.2, 0) is 0 Å². The smallest absolute Gasteiger partial charge is 0.282 e. The lowest BCUT2D eigenvalue weighted by Gasteiger charge is -2.22. The average Bonchev–Trinajstić information content (AvgIpc) is 0.810. The van der Waals surface area contributed by atoms with Crippen molar-refractivity contribution >= 4 is 184 Å². The fourth-order valence-electron chi connectivity index (χ4n) is 6.87.